The Labute approximate surface area is 101 Å². The predicted octanol–water partition coefficient (Wildman–Crippen LogP) is 1.15. The summed E-state index contributed by atoms with van der Waals surface area (Å²) in [6.07, 6.45) is 0. The molecule has 4 heteroatoms. The first-order chi connectivity index (χ1) is 8.38. The van der Waals surface area contributed by atoms with Gasteiger partial charge in [0, 0.05) is 11.8 Å². The van der Waals surface area contributed by atoms with Crippen LogP contribution in [0.3, 0.4) is 0 Å². The highest BCUT2D eigenvalue weighted by atomic mass is 16.6. The van der Waals surface area contributed by atoms with Crippen LogP contribution in [0.2, 0.25) is 0 Å². The van der Waals surface area contributed by atoms with Crippen molar-refractivity contribution in [3.8, 4) is 11.5 Å². The minimum atomic E-state index is 0.361. The summed E-state index contributed by atoms with van der Waals surface area (Å²) in [4.78, 5) is 0. The molecule has 1 unspecified atom stereocenters. The molecule has 1 aromatic rings. The molecule has 0 aromatic heterocycles. The average molecular weight is 235 g/mol. The van der Waals surface area contributed by atoms with Gasteiger partial charge in [-0.2, -0.15) is 0 Å². The second-order valence-corrected chi connectivity index (χ2v) is 4.54. The summed E-state index contributed by atoms with van der Waals surface area (Å²) in [6, 6.07) is 6.12. The van der Waals surface area contributed by atoms with E-state index in [1.165, 1.54) is 5.56 Å². The maximum Gasteiger partial charge on any atom is 0.161 e. The van der Waals surface area contributed by atoms with Crippen molar-refractivity contribution in [1.29, 1.82) is 0 Å². The number of nitrogens with two attached hydrogens (primary N) is 1. The van der Waals surface area contributed by atoms with Crippen molar-refractivity contribution in [2.24, 2.45) is 11.7 Å². The van der Waals surface area contributed by atoms with E-state index in [4.69, 9.17) is 19.9 Å². The fourth-order valence-corrected chi connectivity index (χ4v) is 2.38. The second-order valence-electron chi connectivity index (χ2n) is 4.54. The minimum Gasteiger partial charge on any atom is -0.486 e. The lowest BCUT2D eigenvalue weighted by atomic mass is 9.84. The van der Waals surface area contributed by atoms with Crippen LogP contribution in [0.1, 0.15) is 11.5 Å². The Morgan fingerprint density at radius 1 is 1.18 bits per heavy atom. The number of hydrogen-bond donors (Lipinski definition) is 1. The molecule has 0 spiro atoms. The zero-order valence-corrected chi connectivity index (χ0v) is 9.72. The molecule has 2 heterocycles. The van der Waals surface area contributed by atoms with Gasteiger partial charge < -0.3 is 19.9 Å². The Hall–Kier alpha value is -1.26. The zero-order valence-electron chi connectivity index (χ0n) is 9.72. The van der Waals surface area contributed by atoms with Crippen LogP contribution in [0.5, 0.6) is 11.5 Å². The molecule has 0 saturated carbocycles. The van der Waals surface area contributed by atoms with E-state index in [0.717, 1.165) is 24.7 Å². The number of hydrogen-bond acceptors (Lipinski definition) is 4. The minimum absolute atomic E-state index is 0.361. The van der Waals surface area contributed by atoms with Crippen molar-refractivity contribution < 1.29 is 14.2 Å². The van der Waals surface area contributed by atoms with Crippen LogP contribution in [0.15, 0.2) is 18.2 Å². The van der Waals surface area contributed by atoms with E-state index >= 15 is 0 Å². The summed E-state index contributed by atoms with van der Waals surface area (Å²) >= 11 is 0. The molecule has 2 aliphatic heterocycles. The van der Waals surface area contributed by atoms with E-state index in [1.807, 2.05) is 6.07 Å². The van der Waals surface area contributed by atoms with Crippen LogP contribution < -0.4 is 15.2 Å². The van der Waals surface area contributed by atoms with Crippen LogP contribution in [-0.2, 0) is 4.74 Å². The fourth-order valence-electron chi connectivity index (χ4n) is 2.38. The average Bonchev–Trinajstić information content (AvgIpc) is 2.33. The first-order valence-corrected chi connectivity index (χ1v) is 6.06. The monoisotopic (exact) mass is 235 g/mol. The van der Waals surface area contributed by atoms with Crippen molar-refractivity contribution >= 4 is 0 Å². The molecular formula is C13H17NO3. The third kappa shape index (κ3) is 1.98. The van der Waals surface area contributed by atoms with Crippen LogP contribution in [0, 0.1) is 5.92 Å². The van der Waals surface area contributed by atoms with Gasteiger partial charge in [0.05, 0.1) is 13.2 Å². The van der Waals surface area contributed by atoms with E-state index < -0.39 is 0 Å². The van der Waals surface area contributed by atoms with Gasteiger partial charge in [0.25, 0.3) is 0 Å². The van der Waals surface area contributed by atoms with Gasteiger partial charge in [0.1, 0.15) is 13.2 Å². The summed E-state index contributed by atoms with van der Waals surface area (Å²) in [6.45, 7) is 3.53. The molecule has 3 rings (SSSR count). The smallest absolute Gasteiger partial charge is 0.161 e. The standard InChI is InChI=1S/C13H17NO3/c14-6-11(10-7-15-8-10)9-1-2-12-13(5-9)17-4-3-16-12/h1-2,5,10-11H,3-4,6-8,14H2. The summed E-state index contributed by atoms with van der Waals surface area (Å²) in [7, 11) is 0. The van der Waals surface area contributed by atoms with Gasteiger partial charge in [-0.15, -0.1) is 0 Å². The molecule has 2 N–H and O–H groups in total. The molecule has 0 radical (unpaired) electrons. The normalized spacial score (nSPS) is 20.8. The van der Waals surface area contributed by atoms with Gasteiger partial charge in [-0.25, -0.2) is 0 Å². The van der Waals surface area contributed by atoms with Crippen molar-refractivity contribution in [2.75, 3.05) is 33.0 Å². The topological polar surface area (TPSA) is 53.7 Å². The molecule has 0 amide bonds. The number of rotatable bonds is 3. The molecule has 1 fully saturated rings. The second kappa shape index (κ2) is 4.55. The predicted molar refractivity (Wildman–Crippen MR) is 63.5 cm³/mol. The molecule has 1 atom stereocenters. The van der Waals surface area contributed by atoms with Gasteiger partial charge in [-0.3, -0.25) is 0 Å². The van der Waals surface area contributed by atoms with E-state index in [-0.39, 0.29) is 0 Å². The first-order valence-electron chi connectivity index (χ1n) is 6.06. The van der Waals surface area contributed by atoms with Crippen molar-refractivity contribution in [2.45, 2.75) is 5.92 Å². The van der Waals surface area contributed by atoms with Crippen LogP contribution in [-0.4, -0.2) is 33.0 Å². The summed E-state index contributed by atoms with van der Waals surface area (Å²) in [5.41, 5.74) is 7.09. The van der Waals surface area contributed by atoms with E-state index in [0.29, 0.717) is 31.6 Å². The third-order valence-corrected chi connectivity index (χ3v) is 3.48. The Balaban J connectivity index is 1.86. The van der Waals surface area contributed by atoms with Gasteiger partial charge in [0.2, 0.25) is 0 Å². The van der Waals surface area contributed by atoms with Gasteiger partial charge in [0.15, 0.2) is 11.5 Å². The highest BCUT2D eigenvalue weighted by Crippen LogP contribution is 2.36. The van der Waals surface area contributed by atoms with Crippen LogP contribution in [0.4, 0.5) is 0 Å². The summed E-state index contributed by atoms with van der Waals surface area (Å²) in [5, 5.41) is 0. The Morgan fingerprint density at radius 2 is 1.94 bits per heavy atom. The maximum absolute atomic E-state index is 5.86. The van der Waals surface area contributed by atoms with E-state index in [1.54, 1.807) is 0 Å². The van der Waals surface area contributed by atoms with Gasteiger partial charge >= 0.3 is 0 Å². The molecule has 92 valence electrons. The first kappa shape index (κ1) is 10.9. The number of ether oxygens (including phenoxy) is 3. The lowest BCUT2D eigenvalue weighted by Crippen LogP contribution is -2.36. The Kier molecular flexibility index (Phi) is 2.91. The SMILES string of the molecule is NCC(c1ccc2c(c1)OCCO2)C1COC1. The fraction of sp³-hybridized carbons (Fsp3) is 0.538. The molecule has 0 bridgehead atoms. The largest absolute Gasteiger partial charge is 0.486 e. The highest BCUT2D eigenvalue weighted by Gasteiger charge is 2.29. The third-order valence-electron chi connectivity index (χ3n) is 3.48. The molecular weight excluding hydrogens is 218 g/mol. The summed E-state index contributed by atoms with van der Waals surface area (Å²) in [5.74, 6) is 2.58. The van der Waals surface area contributed by atoms with Gasteiger partial charge in [-0.05, 0) is 24.2 Å². The quantitative estimate of drug-likeness (QED) is 0.853. The highest BCUT2D eigenvalue weighted by molar-refractivity contribution is 5.45. The lowest BCUT2D eigenvalue weighted by Gasteiger charge is -2.33. The van der Waals surface area contributed by atoms with Gasteiger partial charge in [-0.1, -0.05) is 6.07 Å². The Morgan fingerprint density at radius 3 is 2.59 bits per heavy atom. The lowest BCUT2D eigenvalue weighted by molar-refractivity contribution is -0.0437. The van der Waals surface area contributed by atoms with Crippen LogP contribution >= 0.6 is 0 Å². The maximum atomic E-state index is 5.86. The molecule has 4 nitrogen and oxygen atoms in total. The van der Waals surface area contributed by atoms with Crippen molar-refractivity contribution in [3.05, 3.63) is 23.8 Å². The zero-order chi connectivity index (χ0) is 11.7. The van der Waals surface area contributed by atoms with Crippen molar-refractivity contribution in [1.82, 2.24) is 0 Å². The van der Waals surface area contributed by atoms with E-state index in [2.05, 4.69) is 12.1 Å². The van der Waals surface area contributed by atoms with E-state index in [9.17, 15) is 0 Å². The molecule has 1 saturated heterocycles. The van der Waals surface area contributed by atoms with Crippen molar-refractivity contribution in [3.63, 3.8) is 0 Å². The Bertz CT molecular complexity index is 404. The van der Waals surface area contributed by atoms with Crippen LogP contribution in [0.25, 0.3) is 0 Å². The number of fused-ring (bicyclic) bond motifs is 1. The number of benzene rings is 1. The molecule has 0 aliphatic carbocycles. The summed E-state index contributed by atoms with van der Waals surface area (Å²) < 4.78 is 16.3. The molecule has 1 aromatic carbocycles. The molecule has 17 heavy (non-hydrogen) atoms. The molecule has 2 aliphatic rings.